The molecule has 1 unspecified atom stereocenters. The summed E-state index contributed by atoms with van der Waals surface area (Å²) in [5.41, 5.74) is 0. The zero-order chi connectivity index (χ0) is 19.8. The lowest BCUT2D eigenvalue weighted by atomic mass is 10.0. The molecule has 0 aromatic carbocycles. The maximum Gasteiger partial charge on any atom is 0.224 e. The Hall–Kier alpha value is -1.93. The smallest absolute Gasteiger partial charge is 0.224 e. The van der Waals surface area contributed by atoms with Crippen LogP contribution in [0, 0.1) is 0 Å². The molecule has 28 heavy (non-hydrogen) atoms. The molecule has 2 fully saturated rings. The summed E-state index contributed by atoms with van der Waals surface area (Å²) in [5, 5.41) is 4.15. The fraction of sp³-hybridized carbons (Fsp3) is 0.750. The number of nitrogens with zero attached hydrogens (tertiary/aromatic N) is 5. The molecule has 0 radical (unpaired) electrons. The third-order valence-electron chi connectivity index (χ3n) is 5.69. The Bertz CT molecular complexity index is 615. The summed E-state index contributed by atoms with van der Waals surface area (Å²) in [6, 6.07) is 1.99. The van der Waals surface area contributed by atoms with E-state index in [9.17, 15) is 9.59 Å². The van der Waals surface area contributed by atoms with E-state index in [0.717, 1.165) is 65.2 Å². The second-order valence-electron chi connectivity index (χ2n) is 7.67. The Morgan fingerprint density at radius 3 is 2.75 bits per heavy atom. The number of aryl methyl sites for hydroxylation is 1. The molecule has 3 heterocycles. The van der Waals surface area contributed by atoms with Crippen molar-refractivity contribution in [1.82, 2.24) is 24.5 Å². The van der Waals surface area contributed by atoms with Crippen LogP contribution in [0.25, 0.3) is 0 Å². The van der Waals surface area contributed by atoms with E-state index < -0.39 is 0 Å². The maximum atomic E-state index is 12.6. The quantitative estimate of drug-likeness (QED) is 0.657. The summed E-state index contributed by atoms with van der Waals surface area (Å²) in [6.45, 7) is 8.98. The molecule has 2 aliphatic rings. The van der Waals surface area contributed by atoms with E-state index in [4.69, 9.17) is 4.74 Å². The maximum absolute atomic E-state index is 12.6. The zero-order valence-corrected chi connectivity index (χ0v) is 17.0. The van der Waals surface area contributed by atoms with E-state index >= 15 is 0 Å². The number of morpholine rings is 1. The van der Waals surface area contributed by atoms with Gasteiger partial charge in [0.1, 0.15) is 0 Å². The van der Waals surface area contributed by atoms with Gasteiger partial charge in [0.05, 0.1) is 13.2 Å². The number of rotatable bonds is 8. The topological polar surface area (TPSA) is 70.9 Å². The van der Waals surface area contributed by atoms with Crippen LogP contribution in [0.3, 0.4) is 0 Å². The van der Waals surface area contributed by atoms with Gasteiger partial charge >= 0.3 is 0 Å². The van der Waals surface area contributed by atoms with E-state index in [-0.39, 0.29) is 17.9 Å². The Morgan fingerprint density at radius 2 is 2.04 bits per heavy atom. The van der Waals surface area contributed by atoms with E-state index in [1.807, 2.05) is 22.1 Å². The molecule has 2 saturated heterocycles. The number of carbonyl (C=O) groups excluding carboxylic acids is 2. The van der Waals surface area contributed by atoms with Crippen LogP contribution in [0.5, 0.6) is 0 Å². The fourth-order valence-electron chi connectivity index (χ4n) is 4.12. The molecule has 3 rings (SSSR count). The van der Waals surface area contributed by atoms with Crippen molar-refractivity contribution in [2.45, 2.75) is 45.2 Å². The minimum absolute atomic E-state index is 0.109. The molecule has 1 aromatic heterocycles. The largest absolute Gasteiger partial charge is 0.379 e. The number of likely N-dealkylation sites (tertiary alicyclic amines) is 1. The van der Waals surface area contributed by atoms with Gasteiger partial charge in [-0.25, -0.2) is 0 Å². The van der Waals surface area contributed by atoms with Crippen LogP contribution in [0.1, 0.15) is 32.6 Å². The molecule has 2 aliphatic heterocycles. The Balaban J connectivity index is 1.46. The molecule has 0 bridgehead atoms. The Kier molecular flexibility index (Phi) is 7.85. The standard InChI is InChI=1S/C20H33N5O3/c1-18(26)25(11-4-8-22-13-15-28-16-14-22)19-5-2-9-23(17-19)20(27)6-12-24-10-3-7-21-24/h3,7,10,19H,2,4-6,8-9,11-17H2,1H3. The van der Waals surface area contributed by atoms with Crippen LogP contribution >= 0.6 is 0 Å². The lowest BCUT2D eigenvalue weighted by molar-refractivity contribution is -0.138. The molecule has 156 valence electrons. The van der Waals surface area contributed by atoms with Gasteiger partial charge in [0.15, 0.2) is 0 Å². The second kappa shape index (κ2) is 10.6. The highest BCUT2D eigenvalue weighted by Gasteiger charge is 2.29. The Labute approximate surface area is 167 Å². The van der Waals surface area contributed by atoms with Crippen molar-refractivity contribution < 1.29 is 14.3 Å². The van der Waals surface area contributed by atoms with Crippen LogP contribution in [-0.2, 0) is 20.9 Å². The predicted octanol–water partition coefficient (Wildman–Crippen LogP) is 0.835. The first kappa shape index (κ1) is 20.8. The monoisotopic (exact) mass is 391 g/mol. The summed E-state index contributed by atoms with van der Waals surface area (Å²) in [6.07, 6.45) is 6.93. The average molecular weight is 392 g/mol. The fourth-order valence-corrected chi connectivity index (χ4v) is 4.12. The van der Waals surface area contributed by atoms with Gasteiger partial charge in [-0.05, 0) is 25.3 Å². The third-order valence-corrected chi connectivity index (χ3v) is 5.69. The van der Waals surface area contributed by atoms with Crippen molar-refractivity contribution in [1.29, 1.82) is 0 Å². The summed E-state index contributed by atoms with van der Waals surface area (Å²) in [5.74, 6) is 0.259. The molecule has 8 heteroatoms. The first-order valence-electron chi connectivity index (χ1n) is 10.5. The van der Waals surface area contributed by atoms with Gasteiger partial charge in [-0.3, -0.25) is 19.2 Å². The average Bonchev–Trinajstić information content (AvgIpc) is 3.24. The van der Waals surface area contributed by atoms with Crippen molar-refractivity contribution in [2.75, 3.05) is 52.5 Å². The number of hydrogen-bond acceptors (Lipinski definition) is 5. The van der Waals surface area contributed by atoms with Crippen LogP contribution < -0.4 is 0 Å². The normalized spacial score (nSPS) is 20.9. The molecule has 2 amide bonds. The summed E-state index contributed by atoms with van der Waals surface area (Å²) < 4.78 is 7.17. The minimum Gasteiger partial charge on any atom is -0.379 e. The van der Waals surface area contributed by atoms with Crippen molar-refractivity contribution in [3.05, 3.63) is 18.5 Å². The van der Waals surface area contributed by atoms with Gasteiger partial charge in [0.25, 0.3) is 0 Å². The van der Waals surface area contributed by atoms with Gasteiger partial charge < -0.3 is 14.5 Å². The lowest BCUT2D eigenvalue weighted by Crippen LogP contribution is -2.52. The van der Waals surface area contributed by atoms with Crippen LogP contribution in [0.15, 0.2) is 18.5 Å². The summed E-state index contributed by atoms with van der Waals surface area (Å²) >= 11 is 0. The number of hydrogen-bond donors (Lipinski definition) is 0. The highest BCUT2D eigenvalue weighted by Crippen LogP contribution is 2.18. The van der Waals surface area contributed by atoms with Gasteiger partial charge in [0.2, 0.25) is 11.8 Å². The first-order chi connectivity index (χ1) is 13.6. The third kappa shape index (κ3) is 6.04. The number of ether oxygens (including phenoxy) is 1. The minimum atomic E-state index is 0.109. The number of piperidine rings is 1. The SMILES string of the molecule is CC(=O)N(CCCN1CCOCC1)C1CCCN(C(=O)CCn2cccn2)C1. The van der Waals surface area contributed by atoms with Crippen molar-refractivity contribution in [3.63, 3.8) is 0 Å². The van der Waals surface area contributed by atoms with Crippen LogP contribution in [0.2, 0.25) is 0 Å². The van der Waals surface area contributed by atoms with E-state index in [0.29, 0.717) is 19.5 Å². The summed E-state index contributed by atoms with van der Waals surface area (Å²) in [7, 11) is 0. The first-order valence-corrected chi connectivity index (χ1v) is 10.5. The molecular weight excluding hydrogens is 358 g/mol. The highest BCUT2D eigenvalue weighted by atomic mass is 16.5. The predicted molar refractivity (Wildman–Crippen MR) is 106 cm³/mol. The molecule has 0 N–H and O–H groups in total. The van der Waals surface area contributed by atoms with Gasteiger partial charge in [0, 0.05) is 77.6 Å². The van der Waals surface area contributed by atoms with Gasteiger partial charge in [-0.2, -0.15) is 5.10 Å². The molecule has 0 aliphatic carbocycles. The molecule has 1 atom stereocenters. The Morgan fingerprint density at radius 1 is 1.21 bits per heavy atom. The number of amides is 2. The van der Waals surface area contributed by atoms with E-state index in [1.54, 1.807) is 17.8 Å². The van der Waals surface area contributed by atoms with Crippen molar-refractivity contribution >= 4 is 11.8 Å². The lowest BCUT2D eigenvalue weighted by Gasteiger charge is -2.39. The van der Waals surface area contributed by atoms with Crippen molar-refractivity contribution in [3.8, 4) is 0 Å². The molecule has 0 spiro atoms. The number of carbonyl (C=O) groups is 2. The van der Waals surface area contributed by atoms with Crippen LogP contribution in [-0.4, -0.2) is 94.8 Å². The van der Waals surface area contributed by atoms with Gasteiger partial charge in [-0.15, -0.1) is 0 Å². The van der Waals surface area contributed by atoms with Crippen molar-refractivity contribution in [2.24, 2.45) is 0 Å². The van der Waals surface area contributed by atoms with Crippen LogP contribution in [0.4, 0.5) is 0 Å². The molecular formula is C20H33N5O3. The molecule has 1 aromatic rings. The molecule has 8 nitrogen and oxygen atoms in total. The second-order valence-corrected chi connectivity index (χ2v) is 7.67. The van der Waals surface area contributed by atoms with E-state index in [2.05, 4.69) is 10.00 Å². The zero-order valence-electron chi connectivity index (χ0n) is 17.0. The van der Waals surface area contributed by atoms with E-state index in [1.165, 1.54) is 0 Å². The summed E-state index contributed by atoms with van der Waals surface area (Å²) in [4.78, 5) is 31.2. The van der Waals surface area contributed by atoms with Gasteiger partial charge in [-0.1, -0.05) is 0 Å². The highest BCUT2D eigenvalue weighted by molar-refractivity contribution is 5.77. The number of aromatic nitrogens is 2. The molecule has 0 saturated carbocycles.